The van der Waals surface area contributed by atoms with Crippen molar-refractivity contribution in [1.82, 2.24) is 0 Å². The standard InChI is InChI=1S/C16H9ClO3S/c17-14-11-6-2-4-8-13(11)21-15(14)16(19)20-12-7-3-1-5-10(12)9-18/h1-9H. The summed E-state index contributed by atoms with van der Waals surface area (Å²) in [7, 11) is 0. The van der Waals surface area contributed by atoms with Gasteiger partial charge in [-0.05, 0) is 18.2 Å². The van der Waals surface area contributed by atoms with Crippen LogP contribution in [0.1, 0.15) is 20.0 Å². The predicted molar refractivity (Wildman–Crippen MR) is 83.6 cm³/mol. The maximum Gasteiger partial charge on any atom is 0.355 e. The number of carbonyl (C=O) groups excluding carboxylic acids is 2. The second-order valence-electron chi connectivity index (χ2n) is 4.29. The first-order valence-corrected chi connectivity index (χ1v) is 7.33. The van der Waals surface area contributed by atoms with Crippen molar-refractivity contribution in [2.24, 2.45) is 0 Å². The highest BCUT2D eigenvalue weighted by atomic mass is 35.5. The van der Waals surface area contributed by atoms with E-state index in [2.05, 4.69) is 0 Å². The largest absolute Gasteiger partial charge is 0.422 e. The highest BCUT2D eigenvalue weighted by Gasteiger charge is 2.19. The Morgan fingerprint density at radius 2 is 1.81 bits per heavy atom. The minimum atomic E-state index is -0.560. The zero-order valence-corrected chi connectivity index (χ0v) is 12.3. The molecule has 0 saturated carbocycles. The minimum absolute atomic E-state index is 0.228. The first kappa shape index (κ1) is 13.8. The van der Waals surface area contributed by atoms with Gasteiger partial charge in [0.25, 0.3) is 0 Å². The normalized spacial score (nSPS) is 10.5. The number of hydrogen-bond acceptors (Lipinski definition) is 4. The Kier molecular flexibility index (Phi) is 3.73. The summed E-state index contributed by atoms with van der Waals surface area (Å²) >= 11 is 7.50. The molecule has 2 aromatic carbocycles. The number of thiophene rings is 1. The number of esters is 1. The summed E-state index contributed by atoms with van der Waals surface area (Å²) in [6.45, 7) is 0. The van der Waals surface area contributed by atoms with Crippen molar-refractivity contribution in [3.8, 4) is 5.75 Å². The maximum absolute atomic E-state index is 12.3. The van der Waals surface area contributed by atoms with Crippen molar-refractivity contribution in [2.75, 3.05) is 0 Å². The molecular weight excluding hydrogens is 308 g/mol. The van der Waals surface area contributed by atoms with Crippen molar-refractivity contribution in [3.63, 3.8) is 0 Å². The topological polar surface area (TPSA) is 43.4 Å². The summed E-state index contributed by atoms with van der Waals surface area (Å²) in [6, 6.07) is 14.0. The van der Waals surface area contributed by atoms with Gasteiger partial charge in [0.15, 0.2) is 6.29 Å². The second-order valence-corrected chi connectivity index (χ2v) is 5.72. The highest BCUT2D eigenvalue weighted by molar-refractivity contribution is 7.21. The molecule has 104 valence electrons. The molecule has 0 N–H and O–H groups in total. The third-order valence-electron chi connectivity index (χ3n) is 2.97. The molecule has 0 aliphatic heterocycles. The minimum Gasteiger partial charge on any atom is -0.422 e. The van der Waals surface area contributed by atoms with Gasteiger partial charge in [0.2, 0.25) is 0 Å². The fourth-order valence-electron chi connectivity index (χ4n) is 1.96. The molecule has 0 aliphatic rings. The predicted octanol–water partition coefficient (Wildman–Crippen LogP) is 4.59. The number of rotatable bonds is 3. The molecule has 0 amide bonds. The smallest absolute Gasteiger partial charge is 0.355 e. The molecule has 3 aromatic rings. The van der Waals surface area contributed by atoms with Gasteiger partial charge in [-0.25, -0.2) is 4.79 Å². The molecule has 5 heteroatoms. The number of halogens is 1. The first-order valence-electron chi connectivity index (χ1n) is 6.14. The monoisotopic (exact) mass is 316 g/mol. The molecule has 0 saturated heterocycles. The molecular formula is C16H9ClO3S. The number of fused-ring (bicyclic) bond motifs is 1. The maximum atomic E-state index is 12.3. The molecule has 0 spiro atoms. The van der Waals surface area contributed by atoms with Crippen LogP contribution in [0.25, 0.3) is 10.1 Å². The SMILES string of the molecule is O=Cc1ccccc1OC(=O)c1sc2ccccc2c1Cl. The molecule has 0 aliphatic carbocycles. The average Bonchev–Trinajstić information content (AvgIpc) is 2.85. The van der Waals surface area contributed by atoms with Gasteiger partial charge in [0.05, 0.1) is 10.6 Å². The number of ether oxygens (including phenoxy) is 1. The molecule has 0 radical (unpaired) electrons. The molecule has 21 heavy (non-hydrogen) atoms. The molecule has 0 bridgehead atoms. The number of carbonyl (C=O) groups is 2. The van der Waals surface area contributed by atoms with Gasteiger partial charge < -0.3 is 4.74 Å². The quantitative estimate of drug-likeness (QED) is 0.403. The van der Waals surface area contributed by atoms with Gasteiger partial charge in [-0.15, -0.1) is 11.3 Å². The van der Waals surface area contributed by atoms with Crippen LogP contribution in [0, 0.1) is 0 Å². The van der Waals surface area contributed by atoms with Crippen LogP contribution in [-0.2, 0) is 0 Å². The summed E-state index contributed by atoms with van der Waals surface area (Å²) in [6.07, 6.45) is 0.648. The third-order valence-corrected chi connectivity index (χ3v) is 4.62. The van der Waals surface area contributed by atoms with Crippen molar-refractivity contribution >= 4 is 45.3 Å². The molecule has 0 fully saturated rings. The molecule has 0 atom stereocenters. The lowest BCUT2D eigenvalue weighted by atomic mass is 10.2. The number of benzene rings is 2. The van der Waals surface area contributed by atoms with E-state index in [1.165, 1.54) is 11.3 Å². The van der Waals surface area contributed by atoms with E-state index >= 15 is 0 Å². The third kappa shape index (κ3) is 2.55. The summed E-state index contributed by atoms with van der Waals surface area (Å²) in [5.41, 5.74) is 0.322. The van der Waals surface area contributed by atoms with Gasteiger partial charge >= 0.3 is 5.97 Å². The van der Waals surface area contributed by atoms with Gasteiger partial charge in [-0.3, -0.25) is 4.79 Å². The lowest BCUT2D eigenvalue weighted by molar-refractivity contribution is 0.0739. The number of aldehydes is 1. The van der Waals surface area contributed by atoms with E-state index in [1.807, 2.05) is 24.3 Å². The summed E-state index contributed by atoms with van der Waals surface area (Å²) in [5.74, 6) is -0.332. The molecule has 0 unspecified atom stereocenters. The first-order chi connectivity index (χ1) is 10.2. The van der Waals surface area contributed by atoms with Crippen molar-refractivity contribution < 1.29 is 14.3 Å². The Balaban J connectivity index is 1.97. The van der Waals surface area contributed by atoms with Crippen LogP contribution in [0.2, 0.25) is 5.02 Å². The Bertz CT molecular complexity index is 838. The Labute approximate surface area is 129 Å². The van der Waals surface area contributed by atoms with E-state index in [1.54, 1.807) is 24.3 Å². The zero-order chi connectivity index (χ0) is 14.8. The van der Waals surface area contributed by atoms with Crippen molar-refractivity contribution in [2.45, 2.75) is 0 Å². The van der Waals surface area contributed by atoms with Gasteiger partial charge in [-0.2, -0.15) is 0 Å². The Morgan fingerprint density at radius 3 is 2.57 bits per heavy atom. The van der Waals surface area contributed by atoms with Crippen LogP contribution in [0.4, 0.5) is 0 Å². The lowest BCUT2D eigenvalue weighted by Crippen LogP contribution is -2.08. The Morgan fingerprint density at radius 1 is 1.10 bits per heavy atom. The number of para-hydroxylation sites is 1. The molecule has 1 aromatic heterocycles. The van der Waals surface area contributed by atoms with Gasteiger partial charge in [0, 0.05) is 10.1 Å². The fourth-order valence-corrected chi connectivity index (χ4v) is 3.35. The summed E-state index contributed by atoms with van der Waals surface area (Å²) in [4.78, 5) is 23.5. The molecule has 3 rings (SSSR count). The van der Waals surface area contributed by atoms with E-state index in [4.69, 9.17) is 16.3 Å². The number of hydrogen-bond donors (Lipinski definition) is 0. The molecule has 3 nitrogen and oxygen atoms in total. The van der Waals surface area contributed by atoms with Crippen molar-refractivity contribution in [1.29, 1.82) is 0 Å². The van der Waals surface area contributed by atoms with Crippen LogP contribution in [0.3, 0.4) is 0 Å². The van der Waals surface area contributed by atoms with Gasteiger partial charge in [0.1, 0.15) is 10.6 Å². The van der Waals surface area contributed by atoms with Crippen LogP contribution >= 0.6 is 22.9 Å². The lowest BCUT2D eigenvalue weighted by Gasteiger charge is -2.05. The summed E-state index contributed by atoms with van der Waals surface area (Å²) < 4.78 is 6.20. The van der Waals surface area contributed by atoms with E-state index < -0.39 is 5.97 Å². The zero-order valence-electron chi connectivity index (χ0n) is 10.7. The van der Waals surface area contributed by atoms with Crippen LogP contribution < -0.4 is 4.74 Å². The second kappa shape index (κ2) is 5.68. The van der Waals surface area contributed by atoms with E-state index in [9.17, 15) is 9.59 Å². The van der Waals surface area contributed by atoms with Crippen molar-refractivity contribution in [3.05, 3.63) is 64.0 Å². The van der Waals surface area contributed by atoms with E-state index in [0.717, 1.165) is 10.1 Å². The fraction of sp³-hybridized carbons (Fsp3) is 0. The molecule has 1 heterocycles. The van der Waals surface area contributed by atoms with Gasteiger partial charge in [-0.1, -0.05) is 41.9 Å². The Hall–Kier alpha value is -2.17. The van der Waals surface area contributed by atoms with Crippen LogP contribution in [-0.4, -0.2) is 12.3 Å². The van der Waals surface area contributed by atoms with Crippen LogP contribution in [0.15, 0.2) is 48.5 Å². The van der Waals surface area contributed by atoms with Crippen LogP contribution in [0.5, 0.6) is 5.75 Å². The van der Waals surface area contributed by atoms with E-state index in [-0.39, 0.29) is 5.75 Å². The van der Waals surface area contributed by atoms with E-state index in [0.29, 0.717) is 21.7 Å². The average molecular weight is 317 g/mol. The summed E-state index contributed by atoms with van der Waals surface area (Å²) in [5, 5.41) is 1.20. The highest BCUT2D eigenvalue weighted by Crippen LogP contribution is 2.35.